The second kappa shape index (κ2) is 5.48. The van der Waals surface area contributed by atoms with Crippen molar-refractivity contribution in [3.05, 3.63) is 92.4 Å². The predicted octanol–water partition coefficient (Wildman–Crippen LogP) is 2.95. The number of hydrogen-bond donors (Lipinski definition) is 0. The van der Waals surface area contributed by atoms with Crippen LogP contribution in [0.4, 0.5) is 5.69 Å². The number of carbonyl (C=O) groups excluding carboxylic acids is 2. The molecule has 1 aromatic heterocycles. The summed E-state index contributed by atoms with van der Waals surface area (Å²) in [6, 6.07) is 12.5. The molecule has 25 heavy (non-hydrogen) atoms. The second-order valence-electron chi connectivity index (χ2n) is 5.64. The van der Waals surface area contributed by atoms with E-state index in [1.807, 2.05) is 0 Å². The van der Waals surface area contributed by atoms with E-state index in [-0.39, 0.29) is 35.0 Å². The quantitative estimate of drug-likeness (QED) is 0.421. The van der Waals surface area contributed by atoms with E-state index in [2.05, 4.69) is 5.16 Å². The maximum atomic E-state index is 12.7. The van der Waals surface area contributed by atoms with E-state index in [1.54, 1.807) is 36.4 Å². The van der Waals surface area contributed by atoms with Gasteiger partial charge in [-0.2, -0.15) is 0 Å². The van der Waals surface area contributed by atoms with Gasteiger partial charge >= 0.3 is 0 Å². The summed E-state index contributed by atoms with van der Waals surface area (Å²) >= 11 is 0. The van der Waals surface area contributed by atoms with Crippen LogP contribution in [0.15, 0.2) is 53.1 Å². The highest BCUT2D eigenvalue weighted by atomic mass is 16.6. The molecule has 0 radical (unpaired) electrons. The fraction of sp³-hybridized carbons (Fsp3) is 0.0556. The molecule has 1 aliphatic carbocycles. The van der Waals surface area contributed by atoms with Gasteiger partial charge in [-0.1, -0.05) is 41.6 Å². The van der Waals surface area contributed by atoms with Gasteiger partial charge in [0, 0.05) is 29.7 Å². The van der Waals surface area contributed by atoms with Crippen LogP contribution in [0.25, 0.3) is 0 Å². The molecule has 1 heterocycles. The molecule has 2 aromatic carbocycles. The molecule has 3 aromatic rings. The van der Waals surface area contributed by atoms with E-state index < -0.39 is 4.92 Å². The van der Waals surface area contributed by atoms with Crippen LogP contribution in [0.1, 0.15) is 43.3 Å². The number of nitro benzene ring substituents is 1. The Balaban J connectivity index is 1.72. The van der Waals surface area contributed by atoms with Gasteiger partial charge in [0.15, 0.2) is 5.78 Å². The van der Waals surface area contributed by atoms with E-state index in [1.165, 1.54) is 12.1 Å². The van der Waals surface area contributed by atoms with Crippen molar-refractivity contribution in [2.45, 2.75) is 6.42 Å². The molecule has 0 N–H and O–H groups in total. The Bertz CT molecular complexity index is 1030. The van der Waals surface area contributed by atoms with Gasteiger partial charge in [-0.25, -0.2) is 0 Å². The van der Waals surface area contributed by atoms with Crippen LogP contribution < -0.4 is 0 Å². The zero-order chi connectivity index (χ0) is 17.6. The first-order chi connectivity index (χ1) is 12.1. The van der Waals surface area contributed by atoms with Crippen molar-refractivity contribution in [3.8, 4) is 0 Å². The van der Waals surface area contributed by atoms with Crippen LogP contribution in [0, 0.1) is 10.1 Å². The summed E-state index contributed by atoms with van der Waals surface area (Å²) in [5.41, 5.74) is 1.84. The molecule has 122 valence electrons. The van der Waals surface area contributed by atoms with E-state index >= 15 is 0 Å². The first-order valence-corrected chi connectivity index (χ1v) is 7.46. The maximum Gasteiger partial charge on any atom is 0.269 e. The molecule has 0 spiro atoms. The highest BCUT2D eigenvalue weighted by Gasteiger charge is 2.36. The molecule has 0 unspecified atom stereocenters. The zero-order valence-corrected chi connectivity index (χ0v) is 12.8. The van der Waals surface area contributed by atoms with E-state index in [0.717, 1.165) is 5.56 Å². The topological polar surface area (TPSA) is 103 Å². The summed E-state index contributed by atoms with van der Waals surface area (Å²) in [4.78, 5) is 35.4. The molecule has 1 aliphatic rings. The Morgan fingerprint density at radius 2 is 1.60 bits per heavy atom. The average molecular weight is 334 g/mol. The van der Waals surface area contributed by atoms with Crippen LogP contribution >= 0.6 is 0 Å². The Morgan fingerprint density at radius 1 is 0.960 bits per heavy atom. The maximum absolute atomic E-state index is 12.7. The molecular weight excluding hydrogens is 324 g/mol. The molecule has 0 aliphatic heterocycles. The fourth-order valence-electron chi connectivity index (χ4n) is 2.90. The Hall–Kier alpha value is -3.61. The van der Waals surface area contributed by atoms with Crippen LogP contribution in [-0.4, -0.2) is 21.6 Å². The summed E-state index contributed by atoms with van der Waals surface area (Å²) in [7, 11) is 0. The molecule has 0 amide bonds. The Kier molecular flexibility index (Phi) is 3.28. The SMILES string of the molecule is O=C1c2ccccc2C(=O)c2c(Cc3ccc([N+](=O)[O-])cc3)noc21. The number of nitrogens with zero attached hydrogens (tertiary/aromatic N) is 2. The smallest absolute Gasteiger partial charge is 0.269 e. The molecule has 0 fully saturated rings. The van der Waals surface area contributed by atoms with Gasteiger partial charge in [-0.3, -0.25) is 19.7 Å². The predicted molar refractivity (Wildman–Crippen MR) is 85.7 cm³/mol. The minimum atomic E-state index is -0.485. The van der Waals surface area contributed by atoms with E-state index in [0.29, 0.717) is 16.8 Å². The lowest BCUT2D eigenvalue weighted by Crippen LogP contribution is -2.20. The van der Waals surface area contributed by atoms with Gasteiger partial charge in [0.1, 0.15) is 0 Å². The third kappa shape index (κ3) is 2.33. The Morgan fingerprint density at radius 3 is 2.24 bits per heavy atom. The van der Waals surface area contributed by atoms with Crippen molar-refractivity contribution < 1.29 is 19.0 Å². The number of rotatable bonds is 3. The first kappa shape index (κ1) is 14.9. The van der Waals surface area contributed by atoms with Crippen molar-refractivity contribution in [3.63, 3.8) is 0 Å². The normalized spacial score (nSPS) is 12.6. The monoisotopic (exact) mass is 334 g/mol. The first-order valence-electron chi connectivity index (χ1n) is 7.46. The standard InChI is InChI=1S/C18H10N2O5/c21-16-12-3-1-2-4-13(12)17(22)18-15(16)14(19-25-18)9-10-5-7-11(8-6-10)20(23)24/h1-8H,9H2. The van der Waals surface area contributed by atoms with Gasteiger partial charge < -0.3 is 4.52 Å². The zero-order valence-electron chi connectivity index (χ0n) is 12.8. The average Bonchev–Trinajstić information content (AvgIpc) is 3.04. The molecule has 7 nitrogen and oxygen atoms in total. The molecule has 7 heteroatoms. The van der Waals surface area contributed by atoms with Crippen LogP contribution in [0.3, 0.4) is 0 Å². The summed E-state index contributed by atoms with van der Waals surface area (Å²) in [5.74, 6) is -0.725. The van der Waals surface area contributed by atoms with Crippen molar-refractivity contribution in [2.75, 3.05) is 0 Å². The van der Waals surface area contributed by atoms with Crippen molar-refractivity contribution >= 4 is 17.3 Å². The van der Waals surface area contributed by atoms with E-state index in [4.69, 9.17) is 4.52 Å². The van der Waals surface area contributed by atoms with Crippen molar-refractivity contribution in [1.29, 1.82) is 0 Å². The molecular formula is C18H10N2O5. The number of carbonyl (C=O) groups is 2. The second-order valence-corrected chi connectivity index (χ2v) is 5.64. The Labute approximate surface area is 141 Å². The third-order valence-corrected chi connectivity index (χ3v) is 4.13. The fourth-order valence-corrected chi connectivity index (χ4v) is 2.90. The molecule has 0 saturated heterocycles. The van der Waals surface area contributed by atoms with Gasteiger partial charge in [-0.15, -0.1) is 0 Å². The minimum Gasteiger partial charge on any atom is -0.352 e. The lowest BCUT2D eigenvalue weighted by molar-refractivity contribution is -0.384. The van der Waals surface area contributed by atoms with Crippen LogP contribution in [0.2, 0.25) is 0 Å². The number of fused-ring (bicyclic) bond motifs is 2. The highest BCUT2D eigenvalue weighted by molar-refractivity contribution is 6.27. The van der Waals surface area contributed by atoms with Crippen molar-refractivity contribution in [1.82, 2.24) is 5.16 Å². The minimum absolute atomic E-state index is 0.0221. The number of non-ortho nitro benzene ring substituents is 1. The summed E-state index contributed by atoms with van der Waals surface area (Å²) < 4.78 is 5.13. The third-order valence-electron chi connectivity index (χ3n) is 4.13. The summed E-state index contributed by atoms with van der Waals surface area (Å²) in [6.07, 6.45) is 0.234. The molecule has 0 bridgehead atoms. The summed E-state index contributed by atoms with van der Waals surface area (Å²) in [6.45, 7) is 0. The number of ketones is 2. The largest absolute Gasteiger partial charge is 0.352 e. The molecule has 0 atom stereocenters. The lowest BCUT2D eigenvalue weighted by Gasteiger charge is -2.12. The molecule has 0 saturated carbocycles. The van der Waals surface area contributed by atoms with Crippen LogP contribution in [0.5, 0.6) is 0 Å². The van der Waals surface area contributed by atoms with Crippen molar-refractivity contribution in [2.24, 2.45) is 0 Å². The van der Waals surface area contributed by atoms with E-state index in [9.17, 15) is 19.7 Å². The van der Waals surface area contributed by atoms with Gasteiger partial charge in [-0.05, 0) is 5.56 Å². The van der Waals surface area contributed by atoms with Gasteiger partial charge in [0.2, 0.25) is 11.5 Å². The number of benzene rings is 2. The summed E-state index contributed by atoms with van der Waals surface area (Å²) in [5, 5.41) is 14.6. The number of hydrogen-bond acceptors (Lipinski definition) is 6. The van der Waals surface area contributed by atoms with Gasteiger partial charge in [0.05, 0.1) is 16.2 Å². The van der Waals surface area contributed by atoms with Crippen LogP contribution in [-0.2, 0) is 6.42 Å². The van der Waals surface area contributed by atoms with Gasteiger partial charge in [0.25, 0.3) is 5.69 Å². The molecule has 4 rings (SSSR count). The number of nitro groups is 1. The highest BCUT2D eigenvalue weighted by Crippen LogP contribution is 2.30. The lowest BCUT2D eigenvalue weighted by atomic mass is 9.86. The number of aromatic nitrogens is 1.